The number of carbonyl (C=O) groups excluding carboxylic acids is 2. The van der Waals surface area contributed by atoms with Crippen molar-refractivity contribution in [2.75, 3.05) is 6.61 Å². The summed E-state index contributed by atoms with van der Waals surface area (Å²) in [7, 11) is 0. The van der Waals surface area contributed by atoms with Crippen LogP contribution in [0.4, 0.5) is 0 Å². The molecular weight excluding hydrogens is 554 g/mol. The number of hydrogen-bond acceptors (Lipinski definition) is 10. The summed E-state index contributed by atoms with van der Waals surface area (Å²) < 4.78 is 24.2. The molecule has 3 heterocycles. The first-order chi connectivity index (χ1) is 20.5. The van der Waals surface area contributed by atoms with E-state index >= 15 is 0 Å². The van der Waals surface area contributed by atoms with Gasteiger partial charge in [0.25, 0.3) is 0 Å². The number of esters is 2. The highest BCUT2D eigenvalue weighted by Gasteiger charge is 2.70. The van der Waals surface area contributed by atoms with E-state index in [1.54, 1.807) is 37.5 Å². The molecule has 10 nitrogen and oxygen atoms in total. The molecule has 1 aliphatic heterocycles. The van der Waals surface area contributed by atoms with E-state index < -0.39 is 46.3 Å². The summed E-state index contributed by atoms with van der Waals surface area (Å²) in [6.07, 6.45) is 4.89. The first-order valence-electron chi connectivity index (χ1n) is 15.5. The van der Waals surface area contributed by atoms with Crippen molar-refractivity contribution in [3.63, 3.8) is 0 Å². The zero-order valence-corrected chi connectivity index (χ0v) is 24.8. The number of hydrogen-bond donors (Lipinski definition) is 2. The fourth-order valence-corrected chi connectivity index (χ4v) is 8.45. The maximum absolute atomic E-state index is 13.4. The lowest BCUT2D eigenvalue weighted by atomic mass is 9.42. The summed E-state index contributed by atoms with van der Waals surface area (Å²) in [5.74, 6) is -1.26. The molecule has 0 bridgehead atoms. The molecule has 7 rings (SSSR count). The van der Waals surface area contributed by atoms with Gasteiger partial charge in [-0.3, -0.25) is 14.6 Å². The maximum Gasteiger partial charge on any atom is 0.345 e. The summed E-state index contributed by atoms with van der Waals surface area (Å²) in [6, 6.07) is 5.06. The lowest BCUT2D eigenvalue weighted by Gasteiger charge is -2.66. The van der Waals surface area contributed by atoms with E-state index in [9.17, 15) is 24.6 Å². The average molecular weight is 594 g/mol. The van der Waals surface area contributed by atoms with Crippen molar-refractivity contribution in [2.45, 2.75) is 89.6 Å². The van der Waals surface area contributed by atoms with Crippen molar-refractivity contribution in [1.29, 1.82) is 0 Å². The molecule has 0 spiro atoms. The molecule has 2 aromatic heterocycles. The predicted molar refractivity (Wildman–Crippen MR) is 152 cm³/mol. The third-order valence-electron chi connectivity index (χ3n) is 11.2. The Balaban J connectivity index is 1.27. The summed E-state index contributed by atoms with van der Waals surface area (Å²) in [5, 5.41) is 23.8. The number of ether oxygens (including phenoxy) is 3. The number of fused-ring (bicyclic) bond motifs is 4. The minimum atomic E-state index is -1.29. The van der Waals surface area contributed by atoms with Crippen LogP contribution in [0.2, 0.25) is 0 Å². The molecule has 0 radical (unpaired) electrons. The Kier molecular flexibility index (Phi) is 6.56. The molecule has 4 saturated carbocycles. The molecule has 0 saturated heterocycles. The second-order valence-corrected chi connectivity index (χ2v) is 14.1. The third-order valence-corrected chi connectivity index (χ3v) is 11.2. The van der Waals surface area contributed by atoms with E-state index in [4.69, 9.17) is 18.6 Å². The van der Waals surface area contributed by atoms with Crippen LogP contribution < -0.4 is 10.4 Å². The van der Waals surface area contributed by atoms with Crippen LogP contribution in [0.3, 0.4) is 0 Å². The van der Waals surface area contributed by atoms with Gasteiger partial charge in [-0.15, -0.1) is 0 Å². The Morgan fingerprint density at radius 2 is 1.79 bits per heavy atom. The molecule has 1 unspecified atom stereocenters. The number of aliphatic hydroxyl groups excluding tert-OH is 2. The van der Waals surface area contributed by atoms with E-state index in [0.29, 0.717) is 18.4 Å². The van der Waals surface area contributed by atoms with Gasteiger partial charge in [0.05, 0.1) is 24.0 Å². The molecule has 230 valence electrons. The molecule has 0 amide bonds. The number of carbonyl (C=O) groups is 2. The summed E-state index contributed by atoms with van der Waals surface area (Å²) in [6.45, 7) is 5.84. The highest BCUT2D eigenvalue weighted by Crippen LogP contribution is 2.67. The fraction of sp³-hybridized carbons (Fsp3) is 0.636. The van der Waals surface area contributed by atoms with Crippen molar-refractivity contribution in [3.8, 4) is 17.1 Å². The van der Waals surface area contributed by atoms with Gasteiger partial charge in [0.2, 0.25) is 0 Å². The monoisotopic (exact) mass is 593 g/mol. The summed E-state index contributed by atoms with van der Waals surface area (Å²) in [4.78, 5) is 43.1. The molecule has 2 N–H and O–H groups in total. The van der Waals surface area contributed by atoms with Crippen LogP contribution in [-0.2, 0) is 19.1 Å². The van der Waals surface area contributed by atoms with E-state index in [2.05, 4.69) is 11.9 Å². The standard InChI is InChI=1S/C33H39NO9/c1-31-11-10-24(42-29(38)18-8-9-18)32(2,16-40-28(37)17-6-7-17)22(31)14-23(35)33(3)27(31)26(36)25-21(43-33)13-20(41-30(25)39)19-5-4-12-34-15-19/h4-5,12-13,15,17-18,22-24,26-27,35-36H,6-11,14,16H2,1-3H3/t22-,23+,24+,26+,27?,31+,32+,33-/m1/s1. The number of aromatic nitrogens is 1. The van der Waals surface area contributed by atoms with Crippen molar-refractivity contribution in [3.05, 3.63) is 46.6 Å². The smallest absolute Gasteiger partial charge is 0.345 e. The van der Waals surface area contributed by atoms with Gasteiger partial charge in [-0.2, -0.15) is 0 Å². The van der Waals surface area contributed by atoms with E-state index in [-0.39, 0.29) is 59.8 Å². The Morgan fingerprint density at radius 1 is 1.07 bits per heavy atom. The minimum absolute atomic E-state index is 0.0216. The highest BCUT2D eigenvalue weighted by atomic mass is 16.6. The van der Waals surface area contributed by atoms with Crippen molar-refractivity contribution >= 4 is 11.9 Å². The van der Waals surface area contributed by atoms with E-state index in [1.807, 2.05) is 6.92 Å². The van der Waals surface area contributed by atoms with Gasteiger partial charge in [0.15, 0.2) is 0 Å². The number of rotatable bonds is 6. The van der Waals surface area contributed by atoms with Crippen molar-refractivity contribution in [2.24, 2.45) is 34.5 Å². The van der Waals surface area contributed by atoms with Gasteiger partial charge in [-0.1, -0.05) is 13.8 Å². The van der Waals surface area contributed by atoms with Crippen LogP contribution in [0.15, 0.2) is 39.8 Å². The normalized spacial score (nSPS) is 38.1. The van der Waals surface area contributed by atoms with Crippen molar-refractivity contribution < 1.29 is 38.4 Å². The zero-order valence-electron chi connectivity index (χ0n) is 24.8. The van der Waals surface area contributed by atoms with Crippen LogP contribution in [0.1, 0.15) is 77.4 Å². The predicted octanol–water partition coefficient (Wildman–Crippen LogP) is 3.96. The highest BCUT2D eigenvalue weighted by molar-refractivity contribution is 5.75. The molecular formula is C33H39NO9. The van der Waals surface area contributed by atoms with Gasteiger partial charge in [0, 0.05) is 35.4 Å². The Bertz CT molecular complexity index is 1500. The molecule has 10 heteroatoms. The van der Waals surface area contributed by atoms with Crippen LogP contribution in [0.25, 0.3) is 11.3 Å². The molecule has 5 aliphatic rings. The quantitative estimate of drug-likeness (QED) is 0.472. The van der Waals surface area contributed by atoms with Crippen molar-refractivity contribution in [1.82, 2.24) is 4.98 Å². The van der Waals surface area contributed by atoms with Crippen LogP contribution >= 0.6 is 0 Å². The summed E-state index contributed by atoms with van der Waals surface area (Å²) >= 11 is 0. The van der Waals surface area contributed by atoms with E-state index in [1.165, 1.54) is 0 Å². The second-order valence-electron chi connectivity index (χ2n) is 14.1. The van der Waals surface area contributed by atoms with Gasteiger partial charge in [-0.25, -0.2) is 4.79 Å². The number of nitrogens with zero attached hydrogens (tertiary/aromatic N) is 1. The lowest BCUT2D eigenvalue weighted by molar-refractivity contribution is -0.267. The summed E-state index contributed by atoms with van der Waals surface area (Å²) in [5.41, 5.74) is -2.85. The second kappa shape index (κ2) is 9.89. The SMILES string of the molecule is C[C@@]1(COC(=O)C2CC2)[C@@H](OC(=O)C2CC2)CC[C@]2(C)C3[C@@H](O)c4c(cc(-c5cccnc5)oc4=O)O[C@]3(C)[C@@H](O)C[C@@H]12. The number of pyridine rings is 1. The van der Waals surface area contributed by atoms with Gasteiger partial charge >= 0.3 is 17.6 Å². The Hall–Kier alpha value is -3.24. The minimum Gasteiger partial charge on any atom is -0.484 e. The van der Waals surface area contributed by atoms with Crippen LogP contribution in [-0.4, -0.2) is 51.6 Å². The molecule has 43 heavy (non-hydrogen) atoms. The fourth-order valence-electron chi connectivity index (χ4n) is 8.45. The first-order valence-corrected chi connectivity index (χ1v) is 15.5. The molecule has 0 aromatic carbocycles. The Labute approximate surface area is 249 Å². The molecule has 4 fully saturated rings. The Morgan fingerprint density at radius 3 is 2.47 bits per heavy atom. The maximum atomic E-state index is 13.4. The number of aliphatic hydroxyl groups is 2. The van der Waals surface area contributed by atoms with Crippen LogP contribution in [0.5, 0.6) is 5.75 Å². The largest absolute Gasteiger partial charge is 0.484 e. The van der Waals surface area contributed by atoms with Gasteiger partial charge in [-0.05, 0) is 75.3 Å². The first kappa shape index (κ1) is 28.5. The topological polar surface area (TPSA) is 145 Å². The lowest BCUT2D eigenvalue weighted by Crippen LogP contribution is -2.71. The third kappa shape index (κ3) is 4.51. The van der Waals surface area contributed by atoms with Gasteiger partial charge < -0.3 is 28.8 Å². The van der Waals surface area contributed by atoms with E-state index in [0.717, 1.165) is 25.7 Å². The molecule has 2 aromatic rings. The van der Waals surface area contributed by atoms with Crippen LogP contribution in [0, 0.1) is 34.5 Å². The average Bonchev–Trinajstić information content (AvgIpc) is 3.88. The molecule has 8 atom stereocenters. The molecule has 4 aliphatic carbocycles. The zero-order chi connectivity index (χ0) is 30.3. The van der Waals surface area contributed by atoms with Gasteiger partial charge in [0.1, 0.15) is 35.4 Å².